The van der Waals surface area contributed by atoms with E-state index in [-0.39, 0.29) is 11.3 Å². The smallest absolute Gasteiger partial charge is 0.238 e. The molecule has 6 heteroatoms. The van der Waals surface area contributed by atoms with E-state index >= 15 is 0 Å². The lowest BCUT2D eigenvalue weighted by Gasteiger charge is -2.25. The highest BCUT2D eigenvalue weighted by Crippen LogP contribution is 2.44. The highest BCUT2D eigenvalue weighted by molar-refractivity contribution is 8.00. The van der Waals surface area contributed by atoms with Crippen molar-refractivity contribution in [3.63, 3.8) is 0 Å². The minimum Gasteiger partial charge on any atom is -0.497 e. The Morgan fingerprint density at radius 3 is 2.77 bits per heavy atom. The summed E-state index contributed by atoms with van der Waals surface area (Å²) < 4.78 is 10.6. The van der Waals surface area contributed by atoms with Crippen molar-refractivity contribution in [3.05, 3.63) is 48.3 Å². The van der Waals surface area contributed by atoms with Gasteiger partial charge in [0.1, 0.15) is 16.9 Å². The van der Waals surface area contributed by atoms with Crippen molar-refractivity contribution in [2.45, 2.75) is 5.37 Å². The molecule has 2 aromatic rings. The number of benzene rings is 1. The molecule has 0 bridgehead atoms. The fraction of sp³-hybridized carbons (Fsp3) is 0.250. The summed E-state index contributed by atoms with van der Waals surface area (Å²) in [6, 6.07) is 11.2. The molecule has 1 aliphatic heterocycles. The van der Waals surface area contributed by atoms with Gasteiger partial charge >= 0.3 is 0 Å². The summed E-state index contributed by atoms with van der Waals surface area (Å²) in [5, 5.41) is -0.143. The van der Waals surface area contributed by atoms with Gasteiger partial charge in [0.15, 0.2) is 0 Å². The topological polar surface area (TPSA) is 51.7 Å². The van der Waals surface area contributed by atoms with Crippen LogP contribution in [0.5, 0.6) is 11.5 Å². The summed E-state index contributed by atoms with van der Waals surface area (Å²) in [7, 11) is 3.18. The Morgan fingerprint density at radius 2 is 2.09 bits per heavy atom. The van der Waals surface area contributed by atoms with Gasteiger partial charge in [-0.3, -0.25) is 14.7 Å². The molecule has 22 heavy (non-hydrogen) atoms. The van der Waals surface area contributed by atoms with Crippen LogP contribution in [-0.2, 0) is 4.79 Å². The van der Waals surface area contributed by atoms with Crippen LogP contribution in [0.2, 0.25) is 0 Å². The minimum absolute atomic E-state index is 0.0455. The van der Waals surface area contributed by atoms with Crippen LogP contribution in [0.15, 0.2) is 42.6 Å². The summed E-state index contributed by atoms with van der Waals surface area (Å²) in [4.78, 5) is 18.5. The number of methoxy groups -OCH3 is 2. The molecular weight excluding hydrogens is 300 g/mol. The molecule has 5 nitrogen and oxygen atoms in total. The van der Waals surface area contributed by atoms with E-state index in [1.807, 2.05) is 30.3 Å². The number of rotatable bonds is 4. The van der Waals surface area contributed by atoms with E-state index in [4.69, 9.17) is 9.47 Å². The van der Waals surface area contributed by atoms with Crippen LogP contribution in [-0.4, -0.2) is 30.9 Å². The molecule has 1 aliphatic rings. The molecule has 0 saturated carbocycles. The lowest BCUT2D eigenvalue weighted by Crippen LogP contribution is -2.28. The number of nitrogens with zero attached hydrogens (tertiary/aromatic N) is 2. The van der Waals surface area contributed by atoms with E-state index in [1.165, 1.54) is 0 Å². The second kappa shape index (κ2) is 6.27. The van der Waals surface area contributed by atoms with Gasteiger partial charge in [0.2, 0.25) is 5.91 Å². The van der Waals surface area contributed by atoms with Gasteiger partial charge in [-0.15, -0.1) is 11.8 Å². The molecule has 1 atom stereocenters. The average Bonchev–Trinajstić information content (AvgIpc) is 2.96. The van der Waals surface area contributed by atoms with Crippen LogP contribution in [0, 0.1) is 0 Å². The van der Waals surface area contributed by atoms with Crippen molar-refractivity contribution in [2.24, 2.45) is 0 Å². The fourth-order valence-electron chi connectivity index (χ4n) is 2.41. The maximum Gasteiger partial charge on any atom is 0.238 e. The Morgan fingerprint density at radius 1 is 1.23 bits per heavy atom. The van der Waals surface area contributed by atoms with Crippen molar-refractivity contribution >= 4 is 23.4 Å². The first-order chi connectivity index (χ1) is 10.7. The van der Waals surface area contributed by atoms with E-state index in [9.17, 15) is 4.79 Å². The standard InChI is InChI=1S/C16H16N2O3S/c1-20-11-6-7-13(14(9-11)21-2)18-15(19)10-22-16(18)12-5-3-4-8-17-12/h3-9,16H,10H2,1-2H3. The Bertz CT molecular complexity index is 678. The molecule has 114 valence electrons. The highest BCUT2D eigenvalue weighted by atomic mass is 32.2. The van der Waals surface area contributed by atoms with Gasteiger partial charge in [-0.05, 0) is 24.3 Å². The summed E-state index contributed by atoms with van der Waals surface area (Å²) in [6.07, 6.45) is 1.74. The number of hydrogen-bond acceptors (Lipinski definition) is 5. The number of amides is 1. The van der Waals surface area contributed by atoms with Crippen molar-refractivity contribution in [1.82, 2.24) is 4.98 Å². The summed E-state index contributed by atoms with van der Waals surface area (Å²) in [6.45, 7) is 0. The third kappa shape index (κ3) is 2.62. The van der Waals surface area contributed by atoms with Crippen LogP contribution >= 0.6 is 11.8 Å². The van der Waals surface area contributed by atoms with Crippen molar-refractivity contribution in [2.75, 3.05) is 24.9 Å². The number of anilines is 1. The first-order valence-electron chi connectivity index (χ1n) is 6.81. The van der Waals surface area contributed by atoms with Gasteiger partial charge in [-0.25, -0.2) is 0 Å². The monoisotopic (exact) mass is 316 g/mol. The molecule has 0 spiro atoms. The third-order valence-electron chi connectivity index (χ3n) is 3.46. The first kappa shape index (κ1) is 14.7. The number of carbonyl (C=O) groups excluding carboxylic acids is 1. The predicted molar refractivity (Wildman–Crippen MR) is 86.5 cm³/mol. The first-order valence-corrected chi connectivity index (χ1v) is 7.86. The van der Waals surface area contributed by atoms with Gasteiger partial charge in [-0.2, -0.15) is 0 Å². The van der Waals surface area contributed by atoms with Crippen molar-refractivity contribution in [3.8, 4) is 11.5 Å². The third-order valence-corrected chi connectivity index (χ3v) is 4.64. The lowest BCUT2D eigenvalue weighted by atomic mass is 10.2. The highest BCUT2D eigenvalue weighted by Gasteiger charge is 2.36. The van der Waals surface area contributed by atoms with Gasteiger partial charge < -0.3 is 9.47 Å². The zero-order chi connectivity index (χ0) is 15.5. The zero-order valence-corrected chi connectivity index (χ0v) is 13.2. The summed E-state index contributed by atoms with van der Waals surface area (Å²) in [5.74, 6) is 1.77. The van der Waals surface area contributed by atoms with E-state index in [1.54, 1.807) is 43.1 Å². The number of aromatic nitrogens is 1. The van der Waals surface area contributed by atoms with Gasteiger partial charge in [0, 0.05) is 12.3 Å². The lowest BCUT2D eigenvalue weighted by molar-refractivity contribution is -0.115. The van der Waals surface area contributed by atoms with Crippen LogP contribution < -0.4 is 14.4 Å². The van der Waals surface area contributed by atoms with Crippen molar-refractivity contribution < 1.29 is 14.3 Å². The molecule has 1 saturated heterocycles. The number of ether oxygens (including phenoxy) is 2. The molecule has 1 aromatic heterocycles. The second-order valence-corrected chi connectivity index (χ2v) is 5.79. The molecule has 0 radical (unpaired) electrons. The van der Waals surface area contributed by atoms with Crippen LogP contribution in [0.3, 0.4) is 0 Å². The second-order valence-electron chi connectivity index (χ2n) is 4.72. The van der Waals surface area contributed by atoms with Gasteiger partial charge in [0.05, 0.1) is 31.4 Å². The molecule has 0 aliphatic carbocycles. The summed E-state index contributed by atoms with van der Waals surface area (Å²) >= 11 is 1.56. The van der Waals surface area contributed by atoms with Crippen LogP contribution in [0.4, 0.5) is 5.69 Å². The Balaban J connectivity index is 2.03. The number of thioether (sulfide) groups is 1. The van der Waals surface area contributed by atoms with Gasteiger partial charge in [0.25, 0.3) is 0 Å². The maximum atomic E-state index is 12.4. The Labute approximate surface area is 133 Å². The minimum atomic E-state index is -0.143. The quantitative estimate of drug-likeness (QED) is 0.868. The number of pyridine rings is 1. The predicted octanol–water partition coefficient (Wildman–Crippen LogP) is 2.88. The van der Waals surface area contributed by atoms with Crippen molar-refractivity contribution in [1.29, 1.82) is 0 Å². The molecule has 3 rings (SSSR count). The molecule has 1 fully saturated rings. The van der Waals surface area contributed by atoms with Crippen LogP contribution in [0.1, 0.15) is 11.1 Å². The number of carbonyl (C=O) groups is 1. The number of hydrogen-bond donors (Lipinski definition) is 0. The fourth-order valence-corrected chi connectivity index (χ4v) is 3.54. The van der Waals surface area contributed by atoms with E-state index in [2.05, 4.69) is 4.98 Å². The SMILES string of the molecule is COc1ccc(N2C(=O)CSC2c2ccccn2)c(OC)c1. The molecule has 1 amide bonds. The molecule has 1 unspecified atom stereocenters. The zero-order valence-electron chi connectivity index (χ0n) is 12.4. The largest absolute Gasteiger partial charge is 0.497 e. The Kier molecular flexibility index (Phi) is 4.20. The Hall–Kier alpha value is -2.21. The average molecular weight is 316 g/mol. The van der Waals surface area contributed by atoms with Gasteiger partial charge in [-0.1, -0.05) is 6.07 Å². The molecule has 0 N–H and O–H groups in total. The molecule has 2 heterocycles. The normalized spacial score (nSPS) is 17.6. The van der Waals surface area contributed by atoms with E-state index in [0.717, 1.165) is 11.4 Å². The van der Waals surface area contributed by atoms with Crippen LogP contribution in [0.25, 0.3) is 0 Å². The van der Waals surface area contributed by atoms with E-state index in [0.29, 0.717) is 17.3 Å². The molecule has 1 aromatic carbocycles. The molecular formula is C16H16N2O3S. The summed E-state index contributed by atoms with van der Waals surface area (Å²) in [5.41, 5.74) is 1.59. The van der Waals surface area contributed by atoms with E-state index < -0.39 is 0 Å². The maximum absolute atomic E-state index is 12.4.